The van der Waals surface area contributed by atoms with Crippen LogP contribution in [0.2, 0.25) is 0 Å². The Kier molecular flexibility index (Phi) is 5.70. The van der Waals surface area contributed by atoms with Gasteiger partial charge in [0.15, 0.2) is 13.2 Å². The lowest BCUT2D eigenvalue weighted by atomic mass is 10.1. The van der Waals surface area contributed by atoms with E-state index in [9.17, 15) is 14.9 Å². The number of thiophene rings is 1. The van der Waals surface area contributed by atoms with Gasteiger partial charge < -0.3 is 14.8 Å². The largest absolute Gasteiger partial charge is 0.482 e. The number of anilines is 1. The number of aryl methyl sites for hydroxylation is 1. The number of esters is 1. The second-order valence-electron chi connectivity index (χ2n) is 5.81. The van der Waals surface area contributed by atoms with Gasteiger partial charge in [0.1, 0.15) is 16.8 Å². The van der Waals surface area contributed by atoms with Gasteiger partial charge in [-0.2, -0.15) is 10.5 Å². The van der Waals surface area contributed by atoms with Crippen LogP contribution < -0.4 is 10.1 Å². The first-order valence-corrected chi connectivity index (χ1v) is 9.05. The van der Waals surface area contributed by atoms with Crippen LogP contribution in [0.4, 0.5) is 5.00 Å². The number of fused-ring (bicyclic) bond motifs is 1. The molecule has 0 spiro atoms. The third kappa shape index (κ3) is 4.43. The Balaban J connectivity index is 1.46. The normalized spacial score (nSPS) is 11.8. The maximum absolute atomic E-state index is 12.0. The van der Waals surface area contributed by atoms with E-state index < -0.39 is 18.5 Å². The first kappa shape index (κ1) is 18.4. The molecular weight excluding hydrogens is 366 g/mol. The molecule has 1 N–H and O–H groups in total. The lowest BCUT2D eigenvalue weighted by Crippen LogP contribution is -2.23. The SMILES string of the molecule is N#Cc1ccc(OCC(=O)OCC(=O)Nc2sc3c(c2C#N)CCC3)cc1. The number of nitrogens with zero attached hydrogens (tertiary/aromatic N) is 2. The van der Waals surface area contributed by atoms with Gasteiger partial charge in [0.05, 0.1) is 17.2 Å². The molecule has 1 aromatic heterocycles. The molecule has 27 heavy (non-hydrogen) atoms. The molecule has 0 aliphatic heterocycles. The Morgan fingerprint density at radius 3 is 2.59 bits per heavy atom. The number of rotatable bonds is 6. The monoisotopic (exact) mass is 381 g/mol. The van der Waals surface area contributed by atoms with Gasteiger partial charge in [-0.3, -0.25) is 4.79 Å². The van der Waals surface area contributed by atoms with Gasteiger partial charge in [-0.15, -0.1) is 11.3 Å². The third-order valence-electron chi connectivity index (χ3n) is 3.99. The number of benzene rings is 1. The third-order valence-corrected chi connectivity index (χ3v) is 5.20. The summed E-state index contributed by atoms with van der Waals surface area (Å²) in [6.45, 7) is -0.807. The number of hydrogen-bond donors (Lipinski definition) is 1. The van der Waals surface area contributed by atoms with Crippen LogP contribution in [0.15, 0.2) is 24.3 Å². The summed E-state index contributed by atoms with van der Waals surface area (Å²) in [5.74, 6) is -0.774. The molecule has 1 aliphatic rings. The molecule has 0 saturated carbocycles. The number of carbonyl (C=O) groups excluding carboxylic acids is 2. The molecule has 1 aromatic carbocycles. The highest BCUT2D eigenvalue weighted by molar-refractivity contribution is 7.16. The van der Waals surface area contributed by atoms with Crippen LogP contribution in [0.1, 0.15) is 28.0 Å². The second-order valence-corrected chi connectivity index (χ2v) is 6.91. The predicted octanol–water partition coefficient (Wildman–Crippen LogP) is 2.54. The molecule has 136 valence electrons. The van der Waals surface area contributed by atoms with Gasteiger partial charge in [-0.05, 0) is 49.1 Å². The van der Waals surface area contributed by atoms with Crippen molar-refractivity contribution in [3.05, 3.63) is 45.8 Å². The van der Waals surface area contributed by atoms with Crippen molar-refractivity contribution in [1.82, 2.24) is 0 Å². The first-order valence-electron chi connectivity index (χ1n) is 8.23. The minimum Gasteiger partial charge on any atom is -0.482 e. The summed E-state index contributed by atoms with van der Waals surface area (Å²) in [6, 6.07) is 10.4. The van der Waals surface area contributed by atoms with Crippen LogP contribution in [-0.2, 0) is 27.2 Å². The zero-order chi connectivity index (χ0) is 19.2. The lowest BCUT2D eigenvalue weighted by molar-refractivity contribution is -0.149. The maximum atomic E-state index is 12.0. The zero-order valence-electron chi connectivity index (χ0n) is 14.3. The number of carbonyl (C=O) groups is 2. The summed E-state index contributed by atoms with van der Waals surface area (Å²) in [7, 11) is 0. The van der Waals surface area contributed by atoms with Crippen molar-refractivity contribution >= 4 is 28.2 Å². The Bertz CT molecular complexity index is 951. The van der Waals surface area contributed by atoms with Gasteiger partial charge in [0, 0.05) is 4.88 Å². The summed E-state index contributed by atoms with van der Waals surface area (Å²) in [5, 5.41) is 21.2. The van der Waals surface area contributed by atoms with Crippen molar-refractivity contribution in [3.63, 3.8) is 0 Å². The average molecular weight is 381 g/mol. The van der Waals surface area contributed by atoms with Gasteiger partial charge in [0.2, 0.25) is 0 Å². The average Bonchev–Trinajstić information content (AvgIpc) is 3.25. The number of hydrogen-bond acceptors (Lipinski definition) is 7. The van der Waals surface area contributed by atoms with Gasteiger partial charge in [0.25, 0.3) is 5.91 Å². The van der Waals surface area contributed by atoms with Crippen molar-refractivity contribution in [2.75, 3.05) is 18.5 Å². The van der Waals surface area contributed by atoms with Crippen LogP contribution in [-0.4, -0.2) is 25.1 Å². The van der Waals surface area contributed by atoms with E-state index in [2.05, 4.69) is 11.4 Å². The molecule has 0 unspecified atom stereocenters. The van der Waals surface area contributed by atoms with E-state index in [1.54, 1.807) is 24.3 Å². The summed E-state index contributed by atoms with van der Waals surface area (Å²) >= 11 is 1.40. The molecule has 0 atom stereocenters. The number of amides is 1. The highest BCUT2D eigenvalue weighted by atomic mass is 32.1. The molecule has 1 aliphatic carbocycles. The van der Waals surface area contributed by atoms with E-state index in [0.717, 1.165) is 29.7 Å². The zero-order valence-corrected chi connectivity index (χ0v) is 15.1. The number of nitrogens with one attached hydrogen (secondary N) is 1. The van der Waals surface area contributed by atoms with E-state index in [0.29, 0.717) is 21.9 Å². The molecule has 3 rings (SSSR count). The predicted molar refractivity (Wildman–Crippen MR) is 97.3 cm³/mol. The van der Waals surface area contributed by atoms with Crippen molar-refractivity contribution in [2.24, 2.45) is 0 Å². The molecule has 8 heteroatoms. The molecule has 7 nitrogen and oxygen atoms in total. The molecule has 1 heterocycles. The van der Waals surface area contributed by atoms with E-state index in [4.69, 9.17) is 14.7 Å². The summed E-state index contributed by atoms with van der Waals surface area (Å²) < 4.78 is 10.1. The Morgan fingerprint density at radius 1 is 1.11 bits per heavy atom. The van der Waals surface area contributed by atoms with E-state index >= 15 is 0 Å². The fourth-order valence-corrected chi connectivity index (χ4v) is 3.98. The van der Waals surface area contributed by atoms with E-state index in [1.807, 2.05) is 6.07 Å². The molecule has 0 bridgehead atoms. The van der Waals surface area contributed by atoms with Crippen LogP contribution in [0.3, 0.4) is 0 Å². The molecule has 2 aromatic rings. The van der Waals surface area contributed by atoms with Crippen molar-refractivity contribution in [3.8, 4) is 17.9 Å². The Morgan fingerprint density at radius 2 is 1.89 bits per heavy atom. The summed E-state index contributed by atoms with van der Waals surface area (Å²) in [5.41, 5.74) is 2.01. The highest BCUT2D eigenvalue weighted by Crippen LogP contribution is 2.38. The Hall–Kier alpha value is -3.36. The smallest absolute Gasteiger partial charge is 0.344 e. The first-order chi connectivity index (χ1) is 13.1. The summed E-state index contributed by atoms with van der Waals surface area (Å²) in [6.07, 6.45) is 2.80. The number of nitriles is 2. The molecule has 0 radical (unpaired) electrons. The molecule has 1 amide bonds. The number of ether oxygens (including phenoxy) is 2. The van der Waals surface area contributed by atoms with Gasteiger partial charge in [-0.25, -0.2) is 4.79 Å². The Labute approximate surface area is 159 Å². The van der Waals surface area contributed by atoms with Gasteiger partial charge in [-0.1, -0.05) is 0 Å². The fraction of sp³-hybridized carbons (Fsp3) is 0.263. The van der Waals surface area contributed by atoms with Gasteiger partial charge >= 0.3 is 5.97 Å². The highest BCUT2D eigenvalue weighted by Gasteiger charge is 2.23. The van der Waals surface area contributed by atoms with E-state index in [1.165, 1.54) is 11.3 Å². The summed E-state index contributed by atoms with van der Waals surface area (Å²) in [4.78, 5) is 24.8. The fourth-order valence-electron chi connectivity index (χ4n) is 2.73. The lowest BCUT2D eigenvalue weighted by Gasteiger charge is -2.07. The topological polar surface area (TPSA) is 112 Å². The van der Waals surface area contributed by atoms with E-state index in [-0.39, 0.29) is 6.61 Å². The maximum Gasteiger partial charge on any atom is 0.344 e. The van der Waals surface area contributed by atoms with Crippen molar-refractivity contribution < 1.29 is 19.1 Å². The van der Waals surface area contributed by atoms with Crippen LogP contribution in [0, 0.1) is 22.7 Å². The van der Waals surface area contributed by atoms with Crippen LogP contribution >= 0.6 is 11.3 Å². The molecular formula is C19H15N3O4S. The standard InChI is InChI=1S/C19H15N3O4S/c20-8-12-4-6-13(7-5-12)25-11-18(24)26-10-17(23)22-19-15(9-21)14-2-1-3-16(14)27-19/h4-7H,1-3,10-11H2,(H,22,23). The quantitative estimate of drug-likeness (QED) is 0.770. The van der Waals surface area contributed by atoms with Crippen molar-refractivity contribution in [2.45, 2.75) is 19.3 Å². The van der Waals surface area contributed by atoms with Crippen molar-refractivity contribution in [1.29, 1.82) is 10.5 Å². The second kappa shape index (κ2) is 8.35. The molecule has 0 fully saturated rings. The van der Waals surface area contributed by atoms with Crippen LogP contribution in [0.5, 0.6) is 5.75 Å². The minimum absolute atomic E-state index is 0.351. The minimum atomic E-state index is -0.691. The molecule has 0 saturated heterocycles. The van der Waals surface area contributed by atoms with Crippen LogP contribution in [0.25, 0.3) is 0 Å².